The van der Waals surface area contributed by atoms with E-state index in [0.717, 1.165) is 0 Å². The zero-order valence-corrected chi connectivity index (χ0v) is 26.8. The Balaban J connectivity index is 1.68. The Labute approximate surface area is 265 Å². The molecular formula is C31H39BrClN3O7. The van der Waals surface area contributed by atoms with Gasteiger partial charge in [-0.15, -0.1) is 13.2 Å². The molecule has 4 rings (SSSR count). The number of carbonyl (C=O) groups excluding carboxylic acids is 4. The number of aliphatic hydroxyl groups is 1. The zero-order valence-electron chi connectivity index (χ0n) is 24.4. The third-order valence-electron chi connectivity index (χ3n) is 8.51. The van der Waals surface area contributed by atoms with Gasteiger partial charge in [-0.1, -0.05) is 58.7 Å². The van der Waals surface area contributed by atoms with Gasteiger partial charge in [-0.25, -0.2) is 0 Å². The quantitative estimate of drug-likeness (QED) is 0.175. The summed E-state index contributed by atoms with van der Waals surface area (Å²) in [5.41, 5.74) is -0.900. The van der Waals surface area contributed by atoms with E-state index in [2.05, 4.69) is 34.4 Å². The van der Waals surface area contributed by atoms with E-state index in [1.54, 1.807) is 43.3 Å². The molecule has 12 heteroatoms. The molecule has 0 aliphatic carbocycles. The maximum absolute atomic E-state index is 14.6. The summed E-state index contributed by atoms with van der Waals surface area (Å²) < 4.78 is 12.3. The standard InChI is InChI=1S/C31H39BrClN3O7/c1-5-8-13-23(38)34-16-18(4)42-30(41)24-25-28(39)36(19(7-3)17-37)27(31(25)15-20(32)26(24)43-31)29(40)35(14-6-2)22-12-10-9-11-21(22)33/h5-6,9-12,18-20,24-27,37H,1-2,7-8,13-17H2,3-4H3,(H,34,38)/t18-,19+,20?,24-,25+,26-,27-,31+/m1/s1. The Kier molecular flexibility index (Phi) is 10.7. The molecule has 1 spiro atoms. The molecule has 8 atom stereocenters. The van der Waals surface area contributed by atoms with Crippen molar-refractivity contribution >= 4 is 56.9 Å². The Morgan fingerprint density at radius 2 is 2.05 bits per heavy atom. The lowest BCUT2D eigenvalue weighted by atomic mass is 9.70. The van der Waals surface area contributed by atoms with Gasteiger partial charge in [-0.2, -0.15) is 0 Å². The first-order valence-electron chi connectivity index (χ1n) is 14.6. The molecule has 0 aromatic heterocycles. The molecule has 3 saturated heterocycles. The summed E-state index contributed by atoms with van der Waals surface area (Å²) in [6, 6.07) is 5.07. The van der Waals surface area contributed by atoms with Crippen LogP contribution in [0.4, 0.5) is 5.69 Å². The van der Waals surface area contributed by atoms with Gasteiger partial charge in [-0.05, 0) is 38.3 Å². The zero-order chi connectivity index (χ0) is 31.5. The smallest absolute Gasteiger partial charge is 0.312 e. The molecule has 1 aromatic carbocycles. The van der Waals surface area contributed by atoms with Crippen molar-refractivity contribution in [2.75, 3.05) is 24.6 Å². The third kappa shape index (κ3) is 6.14. The van der Waals surface area contributed by atoms with Crippen molar-refractivity contribution in [2.45, 2.75) is 74.3 Å². The first-order valence-corrected chi connectivity index (χ1v) is 15.8. The number of halogens is 2. The molecule has 3 heterocycles. The van der Waals surface area contributed by atoms with Crippen LogP contribution >= 0.6 is 27.5 Å². The molecule has 3 amide bonds. The Morgan fingerprint density at radius 3 is 2.67 bits per heavy atom. The second-order valence-corrected chi connectivity index (χ2v) is 12.8. The summed E-state index contributed by atoms with van der Waals surface area (Å²) in [6.45, 7) is 10.7. The largest absolute Gasteiger partial charge is 0.460 e. The van der Waals surface area contributed by atoms with E-state index in [1.165, 1.54) is 9.80 Å². The van der Waals surface area contributed by atoms with Crippen molar-refractivity contribution in [2.24, 2.45) is 11.8 Å². The number of fused-ring (bicyclic) bond motifs is 1. The summed E-state index contributed by atoms with van der Waals surface area (Å²) in [6.07, 6.45) is 3.32. The number of allylic oxidation sites excluding steroid dienone is 1. The predicted octanol–water partition coefficient (Wildman–Crippen LogP) is 3.39. The lowest BCUT2D eigenvalue weighted by Crippen LogP contribution is -2.59. The van der Waals surface area contributed by atoms with Crippen LogP contribution in [0.15, 0.2) is 49.6 Å². The minimum absolute atomic E-state index is 0.103. The molecule has 234 valence electrons. The number of ether oxygens (including phenoxy) is 2. The first kappa shape index (κ1) is 33.2. The number of benzene rings is 1. The van der Waals surface area contributed by atoms with Crippen LogP contribution < -0.4 is 10.2 Å². The summed E-state index contributed by atoms with van der Waals surface area (Å²) in [5.74, 6) is -3.70. The fraction of sp³-hybridized carbons (Fsp3) is 0.548. The van der Waals surface area contributed by atoms with Crippen molar-refractivity contribution in [1.29, 1.82) is 0 Å². The highest BCUT2D eigenvalue weighted by atomic mass is 79.9. The van der Waals surface area contributed by atoms with Gasteiger partial charge in [0.15, 0.2) is 0 Å². The van der Waals surface area contributed by atoms with E-state index in [1.807, 2.05) is 6.92 Å². The average Bonchev–Trinajstić information content (AvgIpc) is 3.58. The number of anilines is 1. The summed E-state index contributed by atoms with van der Waals surface area (Å²) >= 11 is 10.2. The number of amides is 3. The van der Waals surface area contributed by atoms with E-state index in [0.29, 0.717) is 30.0 Å². The maximum atomic E-state index is 14.6. The number of hydrogen-bond acceptors (Lipinski definition) is 7. The lowest BCUT2D eigenvalue weighted by molar-refractivity contribution is -0.159. The van der Waals surface area contributed by atoms with Crippen LogP contribution in [0.1, 0.15) is 39.5 Å². The van der Waals surface area contributed by atoms with Gasteiger partial charge < -0.3 is 29.7 Å². The molecule has 1 unspecified atom stereocenters. The van der Waals surface area contributed by atoms with E-state index in [4.69, 9.17) is 21.1 Å². The van der Waals surface area contributed by atoms with Gasteiger partial charge >= 0.3 is 5.97 Å². The molecule has 43 heavy (non-hydrogen) atoms. The average molecular weight is 681 g/mol. The number of aliphatic hydroxyl groups excluding tert-OH is 1. The van der Waals surface area contributed by atoms with Crippen molar-refractivity contribution in [3.63, 3.8) is 0 Å². The first-order chi connectivity index (χ1) is 20.6. The number of esters is 1. The third-order valence-corrected chi connectivity index (χ3v) is 9.67. The molecule has 3 aliphatic heterocycles. The SMILES string of the molecule is C=CCCC(=O)NC[C@@H](C)OC(=O)[C@H]1[C@@H]2O[C@@]3(CC2Br)[C@@H]1C(=O)N([C@@H](CC)CO)[C@@H]3C(=O)N(CC=C)c1ccccc1Cl. The molecule has 2 N–H and O–H groups in total. The monoisotopic (exact) mass is 679 g/mol. The number of carbonyl (C=O) groups is 4. The van der Waals surface area contributed by atoms with E-state index >= 15 is 0 Å². The van der Waals surface area contributed by atoms with E-state index in [9.17, 15) is 24.3 Å². The minimum atomic E-state index is -1.35. The van der Waals surface area contributed by atoms with Gasteiger partial charge in [0.05, 0.1) is 47.8 Å². The molecular weight excluding hydrogens is 642 g/mol. The van der Waals surface area contributed by atoms with Crippen molar-refractivity contribution in [1.82, 2.24) is 10.2 Å². The number of likely N-dealkylation sites (tertiary alicyclic amines) is 1. The van der Waals surface area contributed by atoms with Crippen molar-refractivity contribution in [3.05, 3.63) is 54.6 Å². The molecule has 3 aliphatic rings. The summed E-state index contributed by atoms with van der Waals surface area (Å²) in [4.78, 5) is 57.1. The number of alkyl halides is 1. The summed E-state index contributed by atoms with van der Waals surface area (Å²) in [7, 11) is 0. The van der Waals surface area contributed by atoms with Gasteiger partial charge in [0.2, 0.25) is 11.8 Å². The van der Waals surface area contributed by atoms with Crippen molar-refractivity contribution in [3.8, 4) is 0 Å². The number of rotatable bonds is 14. The van der Waals surface area contributed by atoms with Gasteiger partial charge in [0.1, 0.15) is 17.7 Å². The molecule has 10 nitrogen and oxygen atoms in total. The number of hydrogen-bond donors (Lipinski definition) is 2. The maximum Gasteiger partial charge on any atom is 0.312 e. The lowest BCUT2D eigenvalue weighted by Gasteiger charge is -2.39. The van der Waals surface area contributed by atoms with Crippen LogP contribution in [0.3, 0.4) is 0 Å². The second-order valence-electron chi connectivity index (χ2n) is 11.2. The van der Waals surface area contributed by atoms with E-state index < -0.39 is 59.5 Å². The second kappa shape index (κ2) is 13.9. The Morgan fingerprint density at radius 1 is 1.33 bits per heavy atom. The Hall–Kier alpha value is -2.73. The van der Waals surface area contributed by atoms with Crippen LogP contribution in [0.5, 0.6) is 0 Å². The van der Waals surface area contributed by atoms with Crippen LogP contribution in [0.25, 0.3) is 0 Å². The fourth-order valence-corrected chi connectivity index (χ4v) is 7.76. The highest BCUT2D eigenvalue weighted by Crippen LogP contribution is 2.61. The summed E-state index contributed by atoms with van der Waals surface area (Å²) in [5, 5.41) is 13.4. The molecule has 3 fully saturated rings. The molecule has 0 radical (unpaired) electrons. The van der Waals surface area contributed by atoms with Gasteiger partial charge in [0.25, 0.3) is 5.91 Å². The molecule has 1 aromatic rings. The van der Waals surface area contributed by atoms with Crippen LogP contribution in [-0.2, 0) is 28.7 Å². The van der Waals surface area contributed by atoms with Crippen LogP contribution in [0.2, 0.25) is 5.02 Å². The topological polar surface area (TPSA) is 125 Å². The number of nitrogens with zero attached hydrogens (tertiary/aromatic N) is 2. The highest BCUT2D eigenvalue weighted by molar-refractivity contribution is 9.09. The van der Waals surface area contributed by atoms with Crippen LogP contribution in [0, 0.1) is 11.8 Å². The highest BCUT2D eigenvalue weighted by Gasteiger charge is 2.77. The van der Waals surface area contributed by atoms with Crippen molar-refractivity contribution < 1.29 is 33.8 Å². The number of nitrogens with one attached hydrogen (secondary N) is 1. The predicted molar refractivity (Wildman–Crippen MR) is 166 cm³/mol. The van der Waals surface area contributed by atoms with E-state index in [-0.39, 0.29) is 36.9 Å². The van der Waals surface area contributed by atoms with Gasteiger partial charge in [0, 0.05) is 17.8 Å². The fourth-order valence-electron chi connectivity index (χ4n) is 6.58. The molecule has 2 bridgehead atoms. The minimum Gasteiger partial charge on any atom is -0.460 e. The Bertz CT molecular complexity index is 1260. The molecule has 0 saturated carbocycles. The number of para-hydroxylation sites is 1. The van der Waals surface area contributed by atoms with Crippen LogP contribution in [-0.4, -0.2) is 88.1 Å². The normalized spacial score (nSPS) is 28.6. The van der Waals surface area contributed by atoms with Gasteiger partial charge in [-0.3, -0.25) is 19.2 Å².